The van der Waals surface area contributed by atoms with Crippen molar-refractivity contribution in [3.05, 3.63) is 211 Å². The Morgan fingerprint density at radius 3 is 1.35 bits per heavy atom. The summed E-state index contributed by atoms with van der Waals surface area (Å²) in [6.07, 6.45) is 0. The van der Waals surface area contributed by atoms with Crippen LogP contribution in [-0.4, -0.2) is 15.0 Å². The minimum atomic E-state index is 0.593. The summed E-state index contributed by atoms with van der Waals surface area (Å²) in [6.45, 7) is 4.15. The minimum Gasteiger partial charge on any atom is -0.208 e. The molecule has 0 amide bonds. The molecule has 0 saturated heterocycles. The highest BCUT2D eigenvalue weighted by Crippen LogP contribution is 2.49. The molecule has 1 heterocycles. The van der Waals surface area contributed by atoms with Crippen LogP contribution < -0.4 is 0 Å². The Morgan fingerprint density at radius 2 is 0.742 bits per heavy atom. The molecule has 1 aromatic heterocycles. The Bertz CT molecular complexity index is 3320. The highest BCUT2D eigenvalue weighted by Gasteiger charge is 2.23. The molecule has 9 aromatic carbocycles. The summed E-state index contributed by atoms with van der Waals surface area (Å²) < 4.78 is 0. The Morgan fingerprint density at radius 1 is 0.323 bits per heavy atom. The van der Waals surface area contributed by atoms with Crippen molar-refractivity contribution in [2.24, 2.45) is 0 Å². The van der Waals surface area contributed by atoms with E-state index in [1.165, 1.54) is 49.7 Å². The van der Waals surface area contributed by atoms with Crippen LogP contribution in [0.5, 0.6) is 0 Å². The van der Waals surface area contributed by atoms with Gasteiger partial charge in [0.05, 0.1) is 5.56 Å². The molecule has 290 valence electrons. The molecule has 0 atom stereocenters. The zero-order valence-electron chi connectivity index (χ0n) is 34.3. The predicted octanol–water partition coefficient (Wildman–Crippen LogP) is 14.8. The van der Waals surface area contributed by atoms with E-state index in [2.05, 4.69) is 190 Å². The van der Waals surface area contributed by atoms with Crippen LogP contribution in [0.3, 0.4) is 0 Å². The molecule has 0 fully saturated rings. The summed E-state index contributed by atoms with van der Waals surface area (Å²) in [5.74, 6) is 1.84. The number of hydrogen-bond acceptors (Lipinski definition) is 4. The van der Waals surface area contributed by atoms with Gasteiger partial charge in [-0.25, -0.2) is 15.0 Å². The van der Waals surface area contributed by atoms with Crippen molar-refractivity contribution in [3.8, 4) is 107 Å². The van der Waals surface area contributed by atoms with Crippen LogP contribution in [0.25, 0.3) is 112 Å². The molecule has 0 N–H and O–H groups in total. The van der Waals surface area contributed by atoms with Gasteiger partial charge < -0.3 is 0 Å². The van der Waals surface area contributed by atoms with E-state index in [-0.39, 0.29) is 0 Å². The molecule has 62 heavy (non-hydrogen) atoms. The highest BCUT2D eigenvalue weighted by atomic mass is 15.0. The Balaban J connectivity index is 0.962. The molecule has 0 aliphatic heterocycles. The first-order valence-corrected chi connectivity index (χ1v) is 20.9. The average Bonchev–Trinajstić information content (AvgIpc) is 3.66. The van der Waals surface area contributed by atoms with Crippen LogP contribution in [0.4, 0.5) is 0 Å². The van der Waals surface area contributed by atoms with Gasteiger partial charge in [-0.2, -0.15) is 5.26 Å². The maximum Gasteiger partial charge on any atom is 0.164 e. The molecular formula is C58H38N4. The fraction of sp³-hybridized carbons (Fsp3) is 0.0345. The van der Waals surface area contributed by atoms with Gasteiger partial charge in [-0.3, -0.25) is 0 Å². The first-order chi connectivity index (χ1) is 30.5. The second kappa shape index (κ2) is 15.1. The minimum absolute atomic E-state index is 0.593. The normalized spacial score (nSPS) is 11.4. The number of aromatic nitrogens is 3. The van der Waals surface area contributed by atoms with Gasteiger partial charge in [0.1, 0.15) is 6.07 Å². The SMILES string of the molecule is Cc1ccc(-c2nc(-c3ccc(C)cc3)nc(-c3cccc(-c4ccccc4-c4cccc(-c5ccc(-c6ccc7c8c(cccc68)-c6ccccc6-7)cc5)c4C#N)c3)n2)cc1. The third-order valence-corrected chi connectivity index (χ3v) is 12.1. The average molecular weight is 791 g/mol. The number of nitriles is 1. The molecule has 0 bridgehead atoms. The number of nitrogens with zero attached hydrogens (tertiary/aromatic N) is 4. The van der Waals surface area contributed by atoms with Crippen LogP contribution >= 0.6 is 0 Å². The molecule has 0 unspecified atom stereocenters. The lowest BCUT2D eigenvalue weighted by molar-refractivity contribution is 1.07. The maximum absolute atomic E-state index is 10.9. The smallest absolute Gasteiger partial charge is 0.164 e. The van der Waals surface area contributed by atoms with Gasteiger partial charge in [0.25, 0.3) is 0 Å². The van der Waals surface area contributed by atoms with E-state index in [0.717, 1.165) is 55.6 Å². The topological polar surface area (TPSA) is 62.5 Å². The van der Waals surface area contributed by atoms with Gasteiger partial charge in [0.15, 0.2) is 17.5 Å². The molecule has 4 nitrogen and oxygen atoms in total. The third kappa shape index (κ3) is 6.36. The van der Waals surface area contributed by atoms with E-state index < -0.39 is 0 Å². The summed E-state index contributed by atoms with van der Waals surface area (Å²) in [7, 11) is 0. The van der Waals surface area contributed by atoms with Crippen molar-refractivity contribution in [2.75, 3.05) is 0 Å². The highest BCUT2D eigenvalue weighted by molar-refractivity contribution is 6.18. The van der Waals surface area contributed by atoms with Crippen LogP contribution in [0, 0.1) is 25.2 Å². The molecule has 1 aliphatic carbocycles. The standard InChI is InChI=1S/C58H38N4/c1-36-20-24-40(25-21-36)56-60-57(41-26-22-37(2)23-27-41)62-58(61-56)43-11-7-10-42(34-43)45-12-3-4-13-47(45)50-17-8-16-44(54(50)35-59)38-28-30-39(31-29-38)46-32-33-53-49-15-6-5-14-48(49)52-19-9-18-51(46)55(52)53/h3-34H,1-2H3. The van der Waals surface area contributed by atoms with Crippen LogP contribution in [0.2, 0.25) is 0 Å². The summed E-state index contributed by atoms with van der Waals surface area (Å²) in [5.41, 5.74) is 19.0. The lowest BCUT2D eigenvalue weighted by Gasteiger charge is -2.15. The Kier molecular flexibility index (Phi) is 8.95. The fourth-order valence-corrected chi connectivity index (χ4v) is 8.99. The van der Waals surface area contributed by atoms with Crippen molar-refractivity contribution in [1.82, 2.24) is 15.0 Å². The summed E-state index contributed by atoms with van der Waals surface area (Å²) >= 11 is 0. The van der Waals surface area contributed by atoms with Crippen molar-refractivity contribution >= 4 is 10.8 Å². The van der Waals surface area contributed by atoms with Crippen molar-refractivity contribution in [3.63, 3.8) is 0 Å². The Labute approximate surface area is 361 Å². The Hall–Kier alpha value is -8.26. The van der Waals surface area contributed by atoms with E-state index in [4.69, 9.17) is 15.0 Å². The first-order valence-electron chi connectivity index (χ1n) is 20.9. The zero-order chi connectivity index (χ0) is 41.7. The second-order valence-corrected chi connectivity index (χ2v) is 16.0. The number of benzene rings is 9. The largest absolute Gasteiger partial charge is 0.208 e. The van der Waals surface area contributed by atoms with Crippen molar-refractivity contribution < 1.29 is 0 Å². The van der Waals surface area contributed by atoms with Gasteiger partial charge in [-0.05, 0) is 86.3 Å². The van der Waals surface area contributed by atoms with E-state index in [1.807, 2.05) is 24.3 Å². The van der Waals surface area contributed by atoms with Gasteiger partial charge in [-0.15, -0.1) is 0 Å². The van der Waals surface area contributed by atoms with E-state index in [1.54, 1.807) is 0 Å². The second-order valence-electron chi connectivity index (χ2n) is 16.0. The summed E-state index contributed by atoms with van der Waals surface area (Å²) in [5, 5.41) is 13.4. The third-order valence-electron chi connectivity index (χ3n) is 12.1. The quantitative estimate of drug-likeness (QED) is 0.161. The number of fused-ring (bicyclic) bond motifs is 3. The molecule has 10 aromatic rings. The van der Waals surface area contributed by atoms with E-state index >= 15 is 0 Å². The molecule has 0 spiro atoms. The van der Waals surface area contributed by atoms with Crippen LogP contribution in [-0.2, 0) is 0 Å². The van der Waals surface area contributed by atoms with Gasteiger partial charge in [0, 0.05) is 27.8 Å². The lowest BCUT2D eigenvalue weighted by atomic mass is 9.87. The molecule has 1 aliphatic rings. The van der Waals surface area contributed by atoms with Crippen LogP contribution in [0.15, 0.2) is 194 Å². The van der Waals surface area contributed by atoms with E-state index in [9.17, 15) is 5.26 Å². The zero-order valence-corrected chi connectivity index (χ0v) is 34.3. The van der Waals surface area contributed by atoms with Gasteiger partial charge >= 0.3 is 0 Å². The summed E-state index contributed by atoms with van der Waals surface area (Å²) in [6, 6.07) is 70.4. The molecule has 0 radical (unpaired) electrons. The predicted molar refractivity (Wildman–Crippen MR) is 254 cm³/mol. The number of rotatable bonds is 7. The monoisotopic (exact) mass is 790 g/mol. The number of aryl methyl sites for hydroxylation is 2. The van der Waals surface area contributed by atoms with Crippen LogP contribution in [0.1, 0.15) is 16.7 Å². The fourth-order valence-electron chi connectivity index (χ4n) is 8.99. The molecular weight excluding hydrogens is 753 g/mol. The number of hydrogen-bond donors (Lipinski definition) is 0. The van der Waals surface area contributed by atoms with Crippen molar-refractivity contribution in [2.45, 2.75) is 13.8 Å². The van der Waals surface area contributed by atoms with Gasteiger partial charge in [-0.1, -0.05) is 199 Å². The maximum atomic E-state index is 10.9. The molecule has 0 saturated carbocycles. The van der Waals surface area contributed by atoms with Crippen molar-refractivity contribution in [1.29, 1.82) is 5.26 Å². The van der Waals surface area contributed by atoms with E-state index in [0.29, 0.717) is 23.0 Å². The lowest BCUT2D eigenvalue weighted by Crippen LogP contribution is -2.00. The molecule has 11 rings (SSSR count). The molecule has 4 heteroatoms. The summed E-state index contributed by atoms with van der Waals surface area (Å²) in [4.78, 5) is 15.0. The van der Waals surface area contributed by atoms with Gasteiger partial charge in [0.2, 0.25) is 0 Å². The first kappa shape index (κ1) is 36.8.